The molecule has 1 saturated carbocycles. The third kappa shape index (κ3) is 1.82. The summed E-state index contributed by atoms with van der Waals surface area (Å²) in [6, 6.07) is 4.87. The summed E-state index contributed by atoms with van der Waals surface area (Å²) in [6.07, 6.45) is 1.60. The van der Waals surface area contributed by atoms with Gasteiger partial charge in [0.2, 0.25) is 11.8 Å². The first-order chi connectivity index (χ1) is 8.99. The fourth-order valence-corrected chi connectivity index (χ4v) is 3.36. The number of benzene rings is 1. The number of nitrogen functional groups attached to an aromatic ring is 1. The Labute approximate surface area is 116 Å². The zero-order valence-corrected chi connectivity index (χ0v) is 11.4. The van der Waals surface area contributed by atoms with Gasteiger partial charge in [0.25, 0.3) is 0 Å². The Bertz CT molecular complexity index is 549. The van der Waals surface area contributed by atoms with Crippen LogP contribution in [0.4, 0.5) is 11.4 Å². The van der Waals surface area contributed by atoms with Crippen LogP contribution in [0.1, 0.15) is 19.8 Å². The lowest BCUT2D eigenvalue weighted by Crippen LogP contribution is -2.32. The summed E-state index contributed by atoms with van der Waals surface area (Å²) in [5.74, 6) is -0.0573. The molecule has 1 heterocycles. The minimum atomic E-state index is -0.154. The first kappa shape index (κ1) is 12.5. The van der Waals surface area contributed by atoms with Crippen LogP contribution in [0.25, 0.3) is 0 Å². The second-order valence-corrected chi connectivity index (χ2v) is 5.91. The standard InChI is InChI=1S/C14H15ClN2O2/c1-7-4-9-10(5-7)14(19)17(13(9)18)8-2-3-12(16)11(15)6-8/h2-3,6-7,9-10H,4-5,16H2,1H3. The van der Waals surface area contributed by atoms with Crippen molar-refractivity contribution < 1.29 is 9.59 Å². The third-order valence-electron chi connectivity index (χ3n) is 4.12. The second-order valence-electron chi connectivity index (χ2n) is 5.51. The van der Waals surface area contributed by atoms with Gasteiger partial charge < -0.3 is 5.73 Å². The third-order valence-corrected chi connectivity index (χ3v) is 4.44. The number of carbonyl (C=O) groups is 2. The Morgan fingerprint density at radius 3 is 2.32 bits per heavy atom. The summed E-state index contributed by atoms with van der Waals surface area (Å²) in [4.78, 5) is 26.0. The number of halogens is 1. The lowest BCUT2D eigenvalue weighted by Gasteiger charge is -2.17. The van der Waals surface area contributed by atoms with E-state index in [0.717, 1.165) is 12.8 Å². The Morgan fingerprint density at radius 2 is 1.79 bits per heavy atom. The van der Waals surface area contributed by atoms with Gasteiger partial charge in [0.1, 0.15) is 0 Å². The van der Waals surface area contributed by atoms with Crippen molar-refractivity contribution in [1.82, 2.24) is 0 Å². The maximum atomic E-state index is 12.4. The number of carbonyl (C=O) groups excluding carboxylic acids is 2. The van der Waals surface area contributed by atoms with Gasteiger partial charge in [-0.05, 0) is 37.0 Å². The average molecular weight is 279 g/mol. The molecule has 5 heteroatoms. The molecule has 0 bridgehead atoms. The normalized spacial score (nSPS) is 30.0. The van der Waals surface area contributed by atoms with Crippen LogP contribution in [0.5, 0.6) is 0 Å². The predicted molar refractivity (Wildman–Crippen MR) is 73.7 cm³/mol. The van der Waals surface area contributed by atoms with Crippen LogP contribution in [0, 0.1) is 17.8 Å². The molecule has 1 saturated heterocycles. The van der Waals surface area contributed by atoms with Crippen molar-refractivity contribution in [2.75, 3.05) is 10.6 Å². The molecule has 0 radical (unpaired) electrons. The van der Waals surface area contributed by atoms with E-state index in [1.807, 2.05) is 0 Å². The lowest BCUT2D eigenvalue weighted by molar-refractivity contribution is -0.123. The van der Waals surface area contributed by atoms with E-state index in [4.69, 9.17) is 17.3 Å². The summed E-state index contributed by atoms with van der Waals surface area (Å²) >= 11 is 5.96. The Morgan fingerprint density at radius 1 is 1.21 bits per heavy atom. The van der Waals surface area contributed by atoms with Crippen LogP contribution in [0.2, 0.25) is 5.02 Å². The van der Waals surface area contributed by atoms with E-state index in [1.165, 1.54) is 4.90 Å². The molecule has 2 atom stereocenters. The monoisotopic (exact) mass is 278 g/mol. The SMILES string of the molecule is CC1CC2C(=O)N(c3ccc(N)c(Cl)c3)C(=O)C2C1. The second kappa shape index (κ2) is 4.23. The van der Waals surface area contributed by atoms with Crippen molar-refractivity contribution in [2.45, 2.75) is 19.8 Å². The summed E-state index contributed by atoms with van der Waals surface area (Å²) in [5, 5.41) is 0.364. The van der Waals surface area contributed by atoms with Crippen LogP contribution in [-0.2, 0) is 9.59 Å². The minimum absolute atomic E-state index is 0.0970. The highest BCUT2D eigenvalue weighted by atomic mass is 35.5. The van der Waals surface area contributed by atoms with Crippen molar-refractivity contribution in [3.05, 3.63) is 23.2 Å². The van der Waals surface area contributed by atoms with Crippen molar-refractivity contribution >= 4 is 34.8 Å². The van der Waals surface area contributed by atoms with Crippen LogP contribution in [-0.4, -0.2) is 11.8 Å². The fourth-order valence-electron chi connectivity index (χ4n) is 3.19. The summed E-state index contributed by atoms with van der Waals surface area (Å²) < 4.78 is 0. The zero-order chi connectivity index (χ0) is 13.7. The number of nitrogens with zero attached hydrogens (tertiary/aromatic N) is 1. The van der Waals surface area contributed by atoms with Crippen molar-refractivity contribution in [1.29, 1.82) is 0 Å². The minimum Gasteiger partial charge on any atom is -0.398 e. The Hall–Kier alpha value is -1.55. The van der Waals surface area contributed by atoms with Gasteiger partial charge in [-0.3, -0.25) is 14.5 Å². The van der Waals surface area contributed by atoms with Gasteiger partial charge >= 0.3 is 0 Å². The van der Waals surface area contributed by atoms with Crippen molar-refractivity contribution in [2.24, 2.45) is 17.8 Å². The maximum absolute atomic E-state index is 12.4. The molecule has 2 fully saturated rings. The van der Waals surface area contributed by atoms with Gasteiger partial charge in [-0.25, -0.2) is 0 Å². The summed E-state index contributed by atoms with van der Waals surface area (Å²) in [7, 11) is 0. The molecule has 1 aliphatic heterocycles. The van der Waals surface area contributed by atoms with Gasteiger partial charge in [0.15, 0.2) is 0 Å². The maximum Gasteiger partial charge on any atom is 0.237 e. The Balaban J connectivity index is 1.96. The topological polar surface area (TPSA) is 63.4 Å². The quantitative estimate of drug-likeness (QED) is 0.634. The molecule has 1 aliphatic carbocycles. The van der Waals surface area contributed by atoms with E-state index in [-0.39, 0.29) is 23.7 Å². The number of hydrogen-bond acceptors (Lipinski definition) is 3. The van der Waals surface area contributed by atoms with E-state index in [1.54, 1.807) is 18.2 Å². The lowest BCUT2D eigenvalue weighted by atomic mass is 10.00. The highest BCUT2D eigenvalue weighted by Crippen LogP contribution is 2.44. The molecule has 4 nitrogen and oxygen atoms in total. The van der Waals surface area contributed by atoms with Gasteiger partial charge in [-0.1, -0.05) is 18.5 Å². The zero-order valence-electron chi connectivity index (χ0n) is 10.6. The van der Waals surface area contributed by atoms with E-state index >= 15 is 0 Å². The summed E-state index contributed by atoms with van der Waals surface area (Å²) in [5.41, 5.74) is 6.61. The molecule has 0 spiro atoms. The number of nitrogens with two attached hydrogens (primary N) is 1. The molecular formula is C14H15ClN2O2. The van der Waals surface area contributed by atoms with Crippen LogP contribution in [0.15, 0.2) is 18.2 Å². The van der Waals surface area contributed by atoms with Gasteiger partial charge in [0, 0.05) is 0 Å². The molecule has 1 aromatic carbocycles. The van der Waals surface area contributed by atoms with Gasteiger partial charge in [-0.2, -0.15) is 0 Å². The fraction of sp³-hybridized carbons (Fsp3) is 0.429. The van der Waals surface area contributed by atoms with Gasteiger partial charge in [0.05, 0.1) is 28.2 Å². The molecule has 2 unspecified atom stereocenters. The van der Waals surface area contributed by atoms with E-state index in [0.29, 0.717) is 22.3 Å². The molecular weight excluding hydrogens is 264 g/mol. The number of imide groups is 1. The van der Waals surface area contributed by atoms with Gasteiger partial charge in [-0.15, -0.1) is 0 Å². The molecule has 2 aliphatic rings. The van der Waals surface area contributed by atoms with E-state index in [2.05, 4.69) is 6.92 Å². The average Bonchev–Trinajstić information content (AvgIpc) is 2.84. The smallest absolute Gasteiger partial charge is 0.237 e. The molecule has 19 heavy (non-hydrogen) atoms. The number of anilines is 2. The largest absolute Gasteiger partial charge is 0.398 e. The van der Waals surface area contributed by atoms with Crippen LogP contribution >= 0.6 is 11.6 Å². The predicted octanol–water partition coefficient (Wildman–Crippen LogP) is 2.46. The number of rotatable bonds is 1. The highest BCUT2D eigenvalue weighted by Gasteiger charge is 2.52. The Kier molecular flexibility index (Phi) is 2.78. The molecule has 0 aromatic heterocycles. The highest BCUT2D eigenvalue weighted by molar-refractivity contribution is 6.33. The van der Waals surface area contributed by atoms with E-state index in [9.17, 15) is 9.59 Å². The number of amides is 2. The summed E-state index contributed by atoms with van der Waals surface area (Å²) in [6.45, 7) is 2.09. The van der Waals surface area contributed by atoms with Crippen molar-refractivity contribution in [3.63, 3.8) is 0 Å². The van der Waals surface area contributed by atoms with Crippen LogP contribution < -0.4 is 10.6 Å². The van der Waals surface area contributed by atoms with Crippen LogP contribution in [0.3, 0.4) is 0 Å². The van der Waals surface area contributed by atoms with Crippen molar-refractivity contribution in [3.8, 4) is 0 Å². The molecule has 3 rings (SSSR count). The molecule has 2 N–H and O–H groups in total. The first-order valence-corrected chi connectivity index (χ1v) is 6.79. The van der Waals surface area contributed by atoms with E-state index < -0.39 is 0 Å². The molecule has 1 aromatic rings. The number of fused-ring (bicyclic) bond motifs is 1. The first-order valence-electron chi connectivity index (χ1n) is 6.42. The molecule has 2 amide bonds. The molecule has 100 valence electrons. The number of hydrogen-bond donors (Lipinski definition) is 1.